The average molecular weight is 319 g/mol. The fraction of sp³-hybridized carbons (Fsp3) is 0.429. The molecule has 1 atom stereocenters. The molecule has 0 amide bonds. The fourth-order valence-electron chi connectivity index (χ4n) is 1.56. The van der Waals surface area contributed by atoms with E-state index in [1.807, 2.05) is 13.8 Å². The highest BCUT2D eigenvalue weighted by atomic mass is 35.5. The molecule has 6 heteroatoms. The maximum Gasteiger partial charge on any atom is 0.341 e. The molecular weight excluding hydrogens is 303 g/mol. The van der Waals surface area contributed by atoms with E-state index in [-0.39, 0.29) is 17.6 Å². The van der Waals surface area contributed by atoms with Crippen molar-refractivity contribution in [3.63, 3.8) is 0 Å². The number of benzene rings is 1. The van der Waals surface area contributed by atoms with E-state index in [9.17, 15) is 9.59 Å². The van der Waals surface area contributed by atoms with Crippen molar-refractivity contribution in [3.05, 3.63) is 29.8 Å². The Morgan fingerprint density at radius 1 is 1.30 bits per heavy atom. The lowest BCUT2D eigenvalue weighted by atomic mass is 9.88. The molecule has 0 radical (unpaired) electrons. The van der Waals surface area contributed by atoms with Gasteiger partial charge in [-0.25, -0.2) is 4.79 Å². The first-order valence-electron chi connectivity index (χ1n) is 6.05. The third-order valence-electron chi connectivity index (χ3n) is 2.97. The molecule has 1 aromatic rings. The highest BCUT2D eigenvalue weighted by Gasteiger charge is 2.39. The van der Waals surface area contributed by atoms with Crippen molar-refractivity contribution in [1.82, 2.24) is 0 Å². The van der Waals surface area contributed by atoms with Crippen LogP contribution in [-0.4, -0.2) is 34.2 Å². The number of Topliss-reactive ketones (excluding diaryl/α,β-unsaturated/α-hetero) is 1. The molecule has 0 aromatic heterocycles. The first kappa shape index (κ1) is 16.8. The number of rotatable bonds is 7. The maximum absolute atomic E-state index is 12.4. The molecular formula is C14H16Cl2O4. The van der Waals surface area contributed by atoms with E-state index in [2.05, 4.69) is 0 Å². The van der Waals surface area contributed by atoms with Crippen molar-refractivity contribution in [3.8, 4) is 5.75 Å². The minimum Gasteiger partial charge on any atom is -0.482 e. The number of carbonyl (C=O) groups is 2. The number of carboxylic acids is 1. The molecule has 0 fully saturated rings. The van der Waals surface area contributed by atoms with Crippen LogP contribution in [0.4, 0.5) is 0 Å². The van der Waals surface area contributed by atoms with Crippen molar-refractivity contribution in [2.45, 2.75) is 18.7 Å². The van der Waals surface area contributed by atoms with E-state index in [4.69, 9.17) is 33.0 Å². The third-order valence-corrected chi connectivity index (χ3v) is 4.27. The van der Waals surface area contributed by atoms with E-state index in [0.29, 0.717) is 11.3 Å². The second kappa shape index (κ2) is 6.95. The summed E-state index contributed by atoms with van der Waals surface area (Å²) in [5, 5.41) is 8.51. The summed E-state index contributed by atoms with van der Waals surface area (Å²) in [6.45, 7) is 3.23. The quantitative estimate of drug-likeness (QED) is 0.619. The van der Waals surface area contributed by atoms with E-state index in [1.54, 1.807) is 12.1 Å². The summed E-state index contributed by atoms with van der Waals surface area (Å²) in [5.41, 5.74) is 0.414. The monoisotopic (exact) mass is 318 g/mol. The largest absolute Gasteiger partial charge is 0.482 e. The number of ether oxygens (including phenoxy) is 1. The Kier molecular flexibility index (Phi) is 5.84. The molecule has 0 heterocycles. The second-order valence-electron chi connectivity index (χ2n) is 4.69. The summed E-state index contributed by atoms with van der Waals surface area (Å²) in [4.78, 5) is 21.6. The van der Waals surface area contributed by atoms with Gasteiger partial charge in [0.05, 0.1) is 0 Å². The van der Waals surface area contributed by atoms with Gasteiger partial charge < -0.3 is 9.84 Å². The summed E-state index contributed by atoms with van der Waals surface area (Å²) in [6.07, 6.45) is 0. The smallest absolute Gasteiger partial charge is 0.341 e. The lowest BCUT2D eigenvalue weighted by molar-refractivity contribution is -0.139. The van der Waals surface area contributed by atoms with Crippen LogP contribution < -0.4 is 4.74 Å². The standard InChI is InChI=1S/C14H16Cl2O4/c1-9(2)14(16,8-15)13(19)10-3-5-11(6-4-10)20-7-12(17)18/h3-6,9H,7-8H2,1-2H3,(H,17,18). The topological polar surface area (TPSA) is 63.6 Å². The van der Waals surface area contributed by atoms with Gasteiger partial charge in [-0.15, -0.1) is 23.2 Å². The van der Waals surface area contributed by atoms with Crippen LogP contribution in [0.1, 0.15) is 24.2 Å². The van der Waals surface area contributed by atoms with Gasteiger partial charge in [-0.2, -0.15) is 0 Å². The Labute approximate surface area is 127 Å². The summed E-state index contributed by atoms with van der Waals surface area (Å²) < 4.78 is 4.99. The van der Waals surface area contributed by atoms with Gasteiger partial charge in [-0.3, -0.25) is 4.79 Å². The van der Waals surface area contributed by atoms with Crippen LogP contribution in [0.5, 0.6) is 5.75 Å². The number of carboxylic acid groups (broad SMARTS) is 1. The third kappa shape index (κ3) is 3.87. The minimum atomic E-state index is -1.15. The Morgan fingerprint density at radius 2 is 1.85 bits per heavy atom. The Hall–Kier alpha value is -1.26. The summed E-state index contributed by atoms with van der Waals surface area (Å²) in [6, 6.07) is 6.15. The molecule has 4 nitrogen and oxygen atoms in total. The average Bonchev–Trinajstić information content (AvgIpc) is 2.43. The van der Waals surface area contributed by atoms with Gasteiger partial charge in [0.15, 0.2) is 12.4 Å². The normalized spacial score (nSPS) is 13.8. The molecule has 0 bridgehead atoms. The highest BCUT2D eigenvalue weighted by molar-refractivity contribution is 6.42. The molecule has 1 N–H and O–H groups in total. The molecule has 110 valence electrons. The number of hydrogen-bond acceptors (Lipinski definition) is 3. The Morgan fingerprint density at radius 3 is 2.25 bits per heavy atom. The van der Waals surface area contributed by atoms with Gasteiger partial charge >= 0.3 is 5.97 Å². The zero-order chi connectivity index (χ0) is 15.3. The highest BCUT2D eigenvalue weighted by Crippen LogP contribution is 2.31. The van der Waals surface area contributed by atoms with Crippen LogP contribution in [0.25, 0.3) is 0 Å². The van der Waals surface area contributed by atoms with Crippen molar-refractivity contribution < 1.29 is 19.4 Å². The van der Waals surface area contributed by atoms with Crippen LogP contribution in [0.3, 0.4) is 0 Å². The molecule has 0 saturated heterocycles. The molecule has 0 spiro atoms. The number of ketones is 1. The second-order valence-corrected chi connectivity index (χ2v) is 5.63. The van der Waals surface area contributed by atoms with Gasteiger partial charge in [0.1, 0.15) is 10.6 Å². The first-order chi connectivity index (χ1) is 9.31. The molecule has 1 unspecified atom stereocenters. The first-order valence-corrected chi connectivity index (χ1v) is 6.97. The van der Waals surface area contributed by atoms with E-state index < -0.39 is 17.5 Å². The van der Waals surface area contributed by atoms with Crippen molar-refractivity contribution in [2.24, 2.45) is 5.92 Å². The molecule has 0 saturated carbocycles. The van der Waals surface area contributed by atoms with Crippen LogP contribution in [-0.2, 0) is 4.79 Å². The Bertz CT molecular complexity index is 484. The van der Waals surface area contributed by atoms with E-state index in [1.165, 1.54) is 12.1 Å². The van der Waals surface area contributed by atoms with Crippen LogP contribution >= 0.6 is 23.2 Å². The maximum atomic E-state index is 12.4. The predicted octanol–water partition coefficient (Wildman–Crippen LogP) is 3.21. The number of halogens is 2. The zero-order valence-corrected chi connectivity index (χ0v) is 12.7. The van der Waals surface area contributed by atoms with Gasteiger partial charge in [0.25, 0.3) is 0 Å². The van der Waals surface area contributed by atoms with Crippen LogP contribution in [0.2, 0.25) is 0 Å². The summed E-state index contributed by atoms with van der Waals surface area (Å²) >= 11 is 12.1. The van der Waals surface area contributed by atoms with E-state index >= 15 is 0 Å². The van der Waals surface area contributed by atoms with E-state index in [0.717, 1.165) is 0 Å². The van der Waals surface area contributed by atoms with Gasteiger partial charge in [-0.1, -0.05) is 13.8 Å². The molecule has 0 aliphatic carbocycles. The predicted molar refractivity (Wildman–Crippen MR) is 78.0 cm³/mol. The van der Waals surface area contributed by atoms with Crippen molar-refractivity contribution in [1.29, 1.82) is 0 Å². The summed E-state index contributed by atoms with van der Waals surface area (Å²) in [5.74, 6) is -1.04. The lowest BCUT2D eigenvalue weighted by Crippen LogP contribution is -2.40. The fourth-order valence-corrected chi connectivity index (χ4v) is 2.10. The molecule has 1 rings (SSSR count). The van der Waals surface area contributed by atoms with Crippen molar-refractivity contribution >= 4 is 35.0 Å². The number of carbonyl (C=O) groups excluding carboxylic acids is 1. The molecule has 0 aliphatic rings. The number of alkyl halides is 2. The van der Waals surface area contributed by atoms with Gasteiger partial charge in [0, 0.05) is 11.4 Å². The van der Waals surface area contributed by atoms with Crippen molar-refractivity contribution in [2.75, 3.05) is 12.5 Å². The number of aliphatic carboxylic acids is 1. The lowest BCUT2D eigenvalue weighted by Gasteiger charge is -2.27. The molecule has 20 heavy (non-hydrogen) atoms. The van der Waals surface area contributed by atoms with Crippen LogP contribution in [0.15, 0.2) is 24.3 Å². The molecule has 0 aliphatic heterocycles. The minimum absolute atomic E-state index is 0.0162. The van der Waals surface area contributed by atoms with Gasteiger partial charge in [0.2, 0.25) is 0 Å². The van der Waals surface area contributed by atoms with Crippen LogP contribution in [0, 0.1) is 5.92 Å². The molecule has 1 aromatic carbocycles. The Balaban J connectivity index is 2.87. The SMILES string of the molecule is CC(C)C(Cl)(CCl)C(=O)c1ccc(OCC(=O)O)cc1. The van der Waals surface area contributed by atoms with Gasteiger partial charge in [-0.05, 0) is 30.2 Å². The summed E-state index contributed by atoms with van der Waals surface area (Å²) in [7, 11) is 0. The zero-order valence-electron chi connectivity index (χ0n) is 11.2. The number of hydrogen-bond donors (Lipinski definition) is 1.